The van der Waals surface area contributed by atoms with Crippen LogP contribution in [0.25, 0.3) is 10.4 Å². The number of thioether (sulfide) groups is 1. The molecule has 0 unspecified atom stereocenters. The first-order chi connectivity index (χ1) is 12.2. The Labute approximate surface area is 161 Å². The van der Waals surface area contributed by atoms with Crippen molar-refractivity contribution < 1.29 is 9.53 Å². The van der Waals surface area contributed by atoms with Crippen LogP contribution in [0.2, 0.25) is 0 Å². The predicted octanol–water partition coefficient (Wildman–Crippen LogP) is 4.34. The molecule has 0 atom stereocenters. The van der Waals surface area contributed by atoms with Gasteiger partial charge < -0.3 is 15.0 Å². The number of carbonyl (C=O) groups is 1. The van der Waals surface area contributed by atoms with Crippen molar-refractivity contribution in [3.05, 3.63) is 42.0 Å². The molecule has 0 saturated carbocycles. The number of benzene rings is 1. The van der Waals surface area contributed by atoms with Crippen LogP contribution in [0.1, 0.15) is 17.3 Å². The Morgan fingerprint density at radius 3 is 2.68 bits per heavy atom. The number of rotatable bonds is 4. The second-order valence-corrected chi connectivity index (χ2v) is 8.13. The van der Waals surface area contributed by atoms with E-state index in [1.807, 2.05) is 55.1 Å². The zero-order chi connectivity index (χ0) is 17.6. The Balaban J connectivity index is 1.86. The lowest BCUT2D eigenvalue weighted by Gasteiger charge is -2.28. The van der Waals surface area contributed by atoms with E-state index >= 15 is 0 Å². The molecule has 2 heterocycles. The molecule has 0 spiro atoms. The fraction of sp³-hybridized carbons (Fsp3) is 0.333. The maximum absolute atomic E-state index is 12.4. The SMILES string of the molecule is CCOC(=O)c1cc(-c2ccccc2)sc1NC(=S)N1CCSCC1. The summed E-state index contributed by atoms with van der Waals surface area (Å²) < 4.78 is 5.21. The Bertz CT molecular complexity index is 740. The standard InChI is InChI=1S/C18H20N2O2S3/c1-2-22-17(21)14-12-15(13-6-4-3-5-7-13)25-16(14)19-18(23)20-8-10-24-11-9-20/h3-7,12H,2,8-11H2,1H3,(H,19,23). The highest BCUT2D eigenvalue weighted by Gasteiger charge is 2.21. The summed E-state index contributed by atoms with van der Waals surface area (Å²) in [7, 11) is 0. The van der Waals surface area contributed by atoms with E-state index in [-0.39, 0.29) is 5.97 Å². The summed E-state index contributed by atoms with van der Waals surface area (Å²) in [6, 6.07) is 11.9. The molecule has 0 amide bonds. The largest absolute Gasteiger partial charge is 0.462 e. The minimum Gasteiger partial charge on any atom is -0.462 e. The molecule has 2 aromatic rings. The van der Waals surface area contributed by atoms with Gasteiger partial charge in [-0.2, -0.15) is 11.8 Å². The van der Waals surface area contributed by atoms with Crippen molar-refractivity contribution in [2.75, 3.05) is 36.5 Å². The Kier molecular flexibility index (Phi) is 6.34. The number of carbonyl (C=O) groups excluding carboxylic acids is 1. The summed E-state index contributed by atoms with van der Waals surface area (Å²) >= 11 is 9.02. The summed E-state index contributed by atoms with van der Waals surface area (Å²) in [5.74, 6) is 1.83. The van der Waals surface area contributed by atoms with Crippen LogP contribution in [0, 0.1) is 0 Å². The summed E-state index contributed by atoms with van der Waals surface area (Å²) in [6.07, 6.45) is 0. The molecule has 0 aliphatic carbocycles. The van der Waals surface area contributed by atoms with Gasteiger partial charge in [-0.25, -0.2) is 4.79 Å². The number of esters is 1. The topological polar surface area (TPSA) is 41.6 Å². The average Bonchev–Trinajstić information content (AvgIpc) is 3.07. The van der Waals surface area contributed by atoms with E-state index in [2.05, 4.69) is 10.2 Å². The summed E-state index contributed by atoms with van der Waals surface area (Å²) in [5, 5.41) is 4.70. The van der Waals surface area contributed by atoms with Crippen molar-refractivity contribution >= 4 is 51.4 Å². The Hall–Kier alpha value is -1.57. The lowest BCUT2D eigenvalue weighted by atomic mass is 10.1. The van der Waals surface area contributed by atoms with Gasteiger partial charge in [0.2, 0.25) is 0 Å². The Morgan fingerprint density at radius 1 is 1.28 bits per heavy atom. The van der Waals surface area contributed by atoms with Crippen LogP contribution >= 0.6 is 35.3 Å². The van der Waals surface area contributed by atoms with Crippen molar-refractivity contribution in [2.45, 2.75) is 6.92 Å². The first kappa shape index (κ1) is 18.2. The number of thiophene rings is 1. The van der Waals surface area contributed by atoms with Crippen molar-refractivity contribution in [1.29, 1.82) is 0 Å². The predicted molar refractivity (Wildman–Crippen MR) is 111 cm³/mol. The highest BCUT2D eigenvalue weighted by molar-refractivity contribution is 7.99. The molecule has 1 aliphatic heterocycles. The number of hydrogen-bond acceptors (Lipinski definition) is 5. The van der Waals surface area contributed by atoms with Gasteiger partial charge in [0.1, 0.15) is 5.00 Å². The number of hydrogen-bond donors (Lipinski definition) is 1. The van der Waals surface area contributed by atoms with Crippen molar-refractivity contribution in [3.63, 3.8) is 0 Å². The Morgan fingerprint density at radius 2 is 2.00 bits per heavy atom. The molecule has 7 heteroatoms. The van der Waals surface area contributed by atoms with E-state index in [0.717, 1.165) is 40.0 Å². The highest BCUT2D eigenvalue weighted by Crippen LogP contribution is 2.36. The number of anilines is 1. The zero-order valence-corrected chi connectivity index (χ0v) is 16.4. The molecular weight excluding hydrogens is 372 g/mol. The molecule has 0 radical (unpaired) electrons. The summed E-state index contributed by atoms with van der Waals surface area (Å²) in [4.78, 5) is 15.5. The van der Waals surface area contributed by atoms with Gasteiger partial charge in [0, 0.05) is 29.5 Å². The molecule has 1 saturated heterocycles. The third-order valence-corrected chi connectivity index (χ3v) is 6.21. The minimum atomic E-state index is -0.319. The van der Waals surface area contributed by atoms with Gasteiger partial charge in [0.25, 0.3) is 0 Å². The van der Waals surface area contributed by atoms with Crippen LogP contribution in [0.15, 0.2) is 36.4 Å². The molecule has 1 N–H and O–H groups in total. The second-order valence-electron chi connectivity index (χ2n) is 5.47. The van der Waals surface area contributed by atoms with E-state index in [1.165, 1.54) is 11.3 Å². The van der Waals surface area contributed by atoms with Crippen LogP contribution in [0.5, 0.6) is 0 Å². The number of nitrogens with one attached hydrogen (secondary N) is 1. The molecule has 132 valence electrons. The molecule has 1 aromatic heterocycles. The van der Waals surface area contributed by atoms with Gasteiger partial charge in [-0.05, 0) is 30.8 Å². The summed E-state index contributed by atoms with van der Waals surface area (Å²) in [5.41, 5.74) is 1.62. The fourth-order valence-corrected chi connectivity index (χ4v) is 4.83. The molecule has 1 fully saturated rings. The van der Waals surface area contributed by atoms with E-state index in [0.29, 0.717) is 17.3 Å². The molecule has 1 aromatic carbocycles. The highest BCUT2D eigenvalue weighted by atomic mass is 32.2. The van der Waals surface area contributed by atoms with Crippen LogP contribution < -0.4 is 5.32 Å². The van der Waals surface area contributed by atoms with E-state index in [1.54, 1.807) is 0 Å². The van der Waals surface area contributed by atoms with Gasteiger partial charge >= 0.3 is 5.97 Å². The lowest BCUT2D eigenvalue weighted by Crippen LogP contribution is -2.40. The van der Waals surface area contributed by atoms with Gasteiger partial charge in [-0.3, -0.25) is 0 Å². The lowest BCUT2D eigenvalue weighted by molar-refractivity contribution is 0.0528. The maximum atomic E-state index is 12.4. The molecule has 25 heavy (non-hydrogen) atoms. The normalized spacial score (nSPS) is 14.2. The first-order valence-electron chi connectivity index (χ1n) is 8.19. The number of nitrogens with zero attached hydrogens (tertiary/aromatic N) is 1. The van der Waals surface area contributed by atoms with Crippen molar-refractivity contribution in [3.8, 4) is 10.4 Å². The van der Waals surface area contributed by atoms with Crippen LogP contribution in [0.4, 0.5) is 5.00 Å². The minimum absolute atomic E-state index is 0.319. The van der Waals surface area contributed by atoms with Gasteiger partial charge in [0.15, 0.2) is 5.11 Å². The zero-order valence-electron chi connectivity index (χ0n) is 14.0. The third-order valence-electron chi connectivity index (χ3n) is 3.80. The van der Waals surface area contributed by atoms with E-state index < -0.39 is 0 Å². The van der Waals surface area contributed by atoms with Gasteiger partial charge in [0.05, 0.1) is 12.2 Å². The number of thiocarbonyl (C=S) groups is 1. The monoisotopic (exact) mass is 392 g/mol. The van der Waals surface area contributed by atoms with Crippen molar-refractivity contribution in [2.24, 2.45) is 0 Å². The molecule has 4 nitrogen and oxygen atoms in total. The molecule has 3 rings (SSSR count). The van der Waals surface area contributed by atoms with E-state index in [9.17, 15) is 4.79 Å². The number of ether oxygens (including phenoxy) is 1. The van der Waals surface area contributed by atoms with Gasteiger partial charge in [-0.15, -0.1) is 11.3 Å². The van der Waals surface area contributed by atoms with Gasteiger partial charge in [-0.1, -0.05) is 30.3 Å². The van der Waals surface area contributed by atoms with Crippen LogP contribution in [-0.2, 0) is 4.74 Å². The molecular formula is C18H20N2O2S3. The van der Waals surface area contributed by atoms with E-state index in [4.69, 9.17) is 17.0 Å². The molecule has 0 bridgehead atoms. The first-order valence-corrected chi connectivity index (χ1v) is 10.6. The van der Waals surface area contributed by atoms with Crippen LogP contribution in [-0.4, -0.2) is 47.2 Å². The maximum Gasteiger partial charge on any atom is 0.341 e. The second kappa shape index (κ2) is 8.69. The fourth-order valence-electron chi connectivity index (χ4n) is 2.53. The average molecular weight is 393 g/mol. The summed E-state index contributed by atoms with van der Waals surface area (Å²) in [6.45, 7) is 4.03. The quantitative estimate of drug-likeness (QED) is 0.617. The smallest absolute Gasteiger partial charge is 0.341 e. The van der Waals surface area contributed by atoms with Crippen LogP contribution in [0.3, 0.4) is 0 Å². The molecule has 1 aliphatic rings. The van der Waals surface area contributed by atoms with Crippen molar-refractivity contribution in [1.82, 2.24) is 4.90 Å². The third kappa shape index (κ3) is 4.54.